The quantitative estimate of drug-likeness (QED) is 0.301. The number of imidazole rings is 1. The Balaban J connectivity index is 1.75. The standard InChI is InChI=1S/C23H40N4O/c1-3-5-7-9-10-12-14-16-20(15-13-11-8-6-4-2)17-28-23-21-22(25-18-24-21)26-19-27-23/h18-20H,3-17H2,1-2H3,(H,24,25,26,27). The Morgan fingerprint density at radius 2 is 1.39 bits per heavy atom. The maximum atomic E-state index is 6.11. The molecule has 2 rings (SSSR count). The first kappa shape index (κ1) is 22.6. The molecule has 0 aliphatic carbocycles. The number of hydrogen-bond acceptors (Lipinski definition) is 4. The van der Waals surface area contributed by atoms with Crippen LogP contribution in [0.5, 0.6) is 5.88 Å². The number of nitrogens with one attached hydrogen (secondary N) is 1. The van der Waals surface area contributed by atoms with Gasteiger partial charge in [0.1, 0.15) is 11.8 Å². The van der Waals surface area contributed by atoms with E-state index in [0.717, 1.165) is 12.1 Å². The van der Waals surface area contributed by atoms with Crippen LogP contribution >= 0.6 is 0 Å². The summed E-state index contributed by atoms with van der Waals surface area (Å²) in [5, 5.41) is 0. The first-order chi connectivity index (χ1) is 13.8. The topological polar surface area (TPSA) is 63.7 Å². The van der Waals surface area contributed by atoms with Crippen molar-refractivity contribution in [3.8, 4) is 5.88 Å². The maximum Gasteiger partial charge on any atom is 0.243 e. The zero-order valence-corrected chi connectivity index (χ0v) is 18.1. The normalized spacial score (nSPS) is 12.5. The lowest BCUT2D eigenvalue weighted by Crippen LogP contribution is -2.13. The van der Waals surface area contributed by atoms with E-state index in [0.29, 0.717) is 17.4 Å². The van der Waals surface area contributed by atoms with Gasteiger partial charge in [0, 0.05) is 0 Å². The van der Waals surface area contributed by atoms with Crippen molar-refractivity contribution in [1.82, 2.24) is 19.9 Å². The Labute approximate surface area is 171 Å². The van der Waals surface area contributed by atoms with Gasteiger partial charge in [-0.25, -0.2) is 9.97 Å². The van der Waals surface area contributed by atoms with Crippen molar-refractivity contribution in [1.29, 1.82) is 0 Å². The number of unbranched alkanes of at least 4 members (excludes halogenated alkanes) is 10. The Morgan fingerprint density at radius 1 is 0.786 bits per heavy atom. The first-order valence-corrected chi connectivity index (χ1v) is 11.6. The predicted molar refractivity (Wildman–Crippen MR) is 117 cm³/mol. The number of H-pyrrole nitrogens is 1. The van der Waals surface area contributed by atoms with Gasteiger partial charge in [0.05, 0.1) is 12.9 Å². The van der Waals surface area contributed by atoms with Gasteiger partial charge in [0.15, 0.2) is 5.65 Å². The number of nitrogens with zero attached hydrogens (tertiary/aromatic N) is 3. The molecule has 0 aromatic carbocycles. The van der Waals surface area contributed by atoms with E-state index in [2.05, 4.69) is 33.8 Å². The molecule has 2 heterocycles. The minimum absolute atomic E-state index is 0.616. The van der Waals surface area contributed by atoms with Crippen LogP contribution in [0.2, 0.25) is 0 Å². The van der Waals surface area contributed by atoms with Crippen LogP contribution in [-0.2, 0) is 0 Å². The van der Waals surface area contributed by atoms with Gasteiger partial charge in [-0.15, -0.1) is 0 Å². The van der Waals surface area contributed by atoms with E-state index in [1.807, 2.05) is 0 Å². The third-order valence-corrected chi connectivity index (χ3v) is 5.58. The molecule has 2 aromatic heterocycles. The van der Waals surface area contributed by atoms with Crippen molar-refractivity contribution in [3.63, 3.8) is 0 Å². The third-order valence-electron chi connectivity index (χ3n) is 5.58. The van der Waals surface area contributed by atoms with E-state index in [4.69, 9.17) is 4.74 Å². The maximum absolute atomic E-state index is 6.11. The minimum Gasteiger partial charge on any atom is -0.476 e. The van der Waals surface area contributed by atoms with Crippen LogP contribution in [0.4, 0.5) is 0 Å². The summed E-state index contributed by atoms with van der Waals surface area (Å²) in [4.78, 5) is 15.8. The molecule has 0 fully saturated rings. The molecular weight excluding hydrogens is 348 g/mol. The Kier molecular flexibility index (Phi) is 11.6. The fraction of sp³-hybridized carbons (Fsp3) is 0.783. The Hall–Kier alpha value is -1.65. The van der Waals surface area contributed by atoms with Crippen LogP contribution in [0.25, 0.3) is 11.2 Å². The molecule has 0 spiro atoms. The molecule has 5 nitrogen and oxygen atoms in total. The van der Waals surface area contributed by atoms with Gasteiger partial charge in [-0.1, -0.05) is 90.9 Å². The largest absolute Gasteiger partial charge is 0.476 e. The zero-order valence-electron chi connectivity index (χ0n) is 18.1. The number of fused-ring (bicyclic) bond motifs is 1. The second kappa shape index (κ2) is 14.4. The Bertz CT molecular complexity index is 628. The van der Waals surface area contributed by atoms with Crippen LogP contribution in [0.15, 0.2) is 12.7 Å². The average molecular weight is 389 g/mol. The van der Waals surface area contributed by atoms with Crippen molar-refractivity contribution in [2.45, 2.75) is 104 Å². The van der Waals surface area contributed by atoms with Gasteiger partial charge < -0.3 is 9.72 Å². The molecule has 0 amide bonds. The molecule has 1 atom stereocenters. The van der Waals surface area contributed by atoms with Crippen LogP contribution in [-0.4, -0.2) is 26.5 Å². The second-order valence-electron chi connectivity index (χ2n) is 8.07. The number of ether oxygens (including phenoxy) is 1. The van der Waals surface area contributed by atoms with E-state index in [1.54, 1.807) is 6.33 Å². The summed E-state index contributed by atoms with van der Waals surface area (Å²) in [6.45, 7) is 5.30. The van der Waals surface area contributed by atoms with E-state index in [9.17, 15) is 0 Å². The highest BCUT2D eigenvalue weighted by molar-refractivity contribution is 5.74. The molecule has 1 N–H and O–H groups in total. The van der Waals surface area contributed by atoms with Gasteiger partial charge >= 0.3 is 0 Å². The highest BCUT2D eigenvalue weighted by Crippen LogP contribution is 2.22. The smallest absolute Gasteiger partial charge is 0.243 e. The first-order valence-electron chi connectivity index (χ1n) is 11.6. The summed E-state index contributed by atoms with van der Waals surface area (Å²) < 4.78 is 6.11. The van der Waals surface area contributed by atoms with E-state index in [1.165, 1.54) is 96.2 Å². The van der Waals surface area contributed by atoms with Gasteiger partial charge in [-0.05, 0) is 18.8 Å². The highest BCUT2D eigenvalue weighted by atomic mass is 16.5. The molecule has 0 saturated heterocycles. The summed E-state index contributed by atoms with van der Waals surface area (Å²) in [5.41, 5.74) is 1.48. The lowest BCUT2D eigenvalue weighted by Gasteiger charge is -2.17. The predicted octanol–water partition coefficient (Wildman–Crippen LogP) is 6.85. The molecule has 0 radical (unpaired) electrons. The molecule has 5 heteroatoms. The summed E-state index contributed by atoms with van der Waals surface area (Å²) in [7, 11) is 0. The van der Waals surface area contributed by atoms with Crippen molar-refractivity contribution in [3.05, 3.63) is 12.7 Å². The molecule has 0 saturated carbocycles. The van der Waals surface area contributed by atoms with E-state index in [-0.39, 0.29) is 0 Å². The van der Waals surface area contributed by atoms with Crippen molar-refractivity contribution in [2.75, 3.05) is 6.61 Å². The molecule has 0 aliphatic heterocycles. The fourth-order valence-corrected chi connectivity index (χ4v) is 3.79. The Morgan fingerprint density at radius 3 is 2.04 bits per heavy atom. The van der Waals surface area contributed by atoms with Crippen LogP contribution in [0.3, 0.4) is 0 Å². The van der Waals surface area contributed by atoms with Crippen LogP contribution in [0, 0.1) is 5.92 Å². The van der Waals surface area contributed by atoms with Crippen LogP contribution in [0.1, 0.15) is 104 Å². The summed E-state index contributed by atoms with van der Waals surface area (Å²) in [6, 6.07) is 0. The van der Waals surface area contributed by atoms with Gasteiger partial charge in [-0.2, -0.15) is 4.98 Å². The summed E-state index contributed by atoms with van der Waals surface area (Å²) >= 11 is 0. The molecule has 2 aromatic rings. The minimum atomic E-state index is 0.616. The average Bonchev–Trinajstić information content (AvgIpc) is 3.20. The van der Waals surface area contributed by atoms with E-state index >= 15 is 0 Å². The monoisotopic (exact) mass is 388 g/mol. The molecular formula is C23H40N4O. The highest BCUT2D eigenvalue weighted by Gasteiger charge is 2.13. The van der Waals surface area contributed by atoms with Crippen molar-refractivity contribution < 1.29 is 4.74 Å². The number of aromatic nitrogens is 4. The molecule has 1 unspecified atom stereocenters. The summed E-state index contributed by atoms with van der Waals surface area (Å²) in [6.07, 6.45) is 21.9. The zero-order chi connectivity index (χ0) is 19.9. The SMILES string of the molecule is CCCCCCCCCC(CCCCCCC)COc1ncnc2nc[nH]c12. The molecule has 158 valence electrons. The molecule has 0 bridgehead atoms. The lowest BCUT2D eigenvalue weighted by molar-refractivity contribution is 0.219. The number of rotatable bonds is 17. The van der Waals surface area contributed by atoms with E-state index < -0.39 is 0 Å². The van der Waals surface area contributed by atoms with Crippen molar-refractivity contribution in [2.24, 2.45) is 5.92 Å². The molecule has 28 heavy (non-hydrogen) atoms. The van der Waals surface area contributed by atoms with Gasteiger partial charge in [0.2, 0.25) is 5.88 Å². The summed E-state index contributed by atoms with van der Waals surface area (Å²) in [5.74, 6) is 1.25. The molecule has 0 aliphatic rings. The number of aromatic amines is 1. The third kappa shape index (κ3) is 8.57. The van der Waals surface area contributed by atoms with Crippen molar-refractivity contribution >= 4 is 11.2 Å². The van der Waals surface area contributed by atoms with Gasteiger partial charge in [0.25, 0.3) is 0 Å². The lowest BCUT2D eigenvalue weighted by atomic mass is 9.95. The van der Waals surface area contributed by atoms with Gasteiger partial charge in [-0.3, -0.25) is 0 Å². The number of hydrogen-bond donors (Lipinski definition) is 1. The van der Waals surface area contributed by atoms with Crippen LogP contribution < -0.4 is 4.74 Å². The fourth-order valence-electron chi connectivity index (χ4n) is 3.79. The second-order valence-corrected chi connectivity index (χ2v) is 8.07.